The van der Waals surface area contributed by atoms with Gasteiger partial charge in [0, 0.05) is 6.54 Å². The lowest BCUT2D eigenvalue weighted by atomic mass is 10.1. The maximum Gasteiger partial charge on any atom is 0.242 e. The van der Waals surface area contributed by atoms with Crippen LogP contribution in [0.15, 0.2) is 53.4 Å². The molecule has 2 rings (SSSR count). The molecule has 2 aromatic rings. The van der Waals surface area contributed by atoms with Crippen LogP contribution in [0.25, 0.3) is 0 Å². The fourth-order valence-corrected chi connectivity index (χ4v) is 3.33. The third-order valence-electron chi connectivity index (χ3n) is 2.80. The second-order valence-corrected chi connectivity index (χ2v) is 6.35. The number of phenols is 1. The minimum atomic E-state index is -3.64. The zero-order valence-corrected chi connectivity index (χ0v) is 12.2. The third-order valence-corrected chi connectivity index (χ3v) is 4.77. The molecule has 0 amide bonds. The number of halogens is 1. The summed E-state index contributed by atoms with van der Waals surface area (Å²) >= 11 is 5.87. The van der Waals surface area contributed by atoms with Crippen molar-refractivity contribution in [1.82, 2.24) is 4.72 Å². The van der Waals surface area contributed by atoms with Crippen LogP contribution in [0.2, 0.25) is 5.02 Å². The molecule has 0 aliphatic heterocycles. The van der Waals surface area contributed by atoms with E-state index in [1.807, 2.05) is 0 Å². The lowest BCUT2D eigenvalue weighted by Crippen LogP contribution is -2.26. The van der Waals surface area contributed by atoms with Crippen LogP contribution in [-0.4, -0.2) is 20.1 Å². The molecule has 0 aliphatic rings. The minimum absolute atomic E-state index is 0.0546. The first-order valence-corrected chi connectivity index (χ1v) is 7.88. The molecule has 0 bridgehead atoms. The normalized spacial score (nSPS) is 11.4. The second-order valence-electron chi connectivity index (χ2n) is 4.21. The first-order chi connectivity index (χ1) is 9.50. The fraction of sp³-hybridized carbons (Fsp3) is 0.143. The summed E-state index contributed by atoms with van der Waals surface area (Å²) in [5.41, 5.74) is 0.689. The average molecular weight is 312 g/mol. The van der Waals surface area contributed by atoms with Gasteiger partial charge in [-0.15, -0.1) is 0 Å². The molecule has 2 N–H and O–H groups in total. The molecule has 2 aromatic carbocycles. The largest absolute Gasteiger partial charge is 0.508 e. The summed E-state index contributed by atoms with van der Waals surface area (Å²) in [6, 6.07) is 13.1. The van der Waals surface area contributed by atoms with Gasteiger partial charge >= 0.3 is 0 Å². The molecule has 0 aromatic heterocycles. The second kappa shape index (κ2) is 6.26. The van der Waals surface area contributed by atoms with Crippen LogP contribution in [0.1, 0.15) is 5.56 Å². The maximum atomic E-state index is 12.1. The summed E-state index contributed by atoms with van der Waals surface area (Å²) in [5.74, 6) is 0.157. The first-order valence-electron chi connectivity index (χ1n) is 6.02. The summed E-state index contributed by atoms with van der Waals surface area (Å²) < 4.78 is 26.6. The molecule has 0 aliphatic carbocycles. The van der Waals surface area contributed by atoms with Gasteiger partial charge in [-0.2, -0.15) is 0 Å². The zero-order valence-electron chi connectivity index (χ0n) is 10.6. The minimum Gasteiger partial charge on any atom is -0.508 e. The summed E-state index contributed by atoms with van der Waals surface area (Å²) in [7, 11) is -3.64. The van der Waals surface area contributed by atoms with Gasteiger partial charge in [0.1, 0.15) is 10.6 Å². The van der Waals surface area contributed by atoms with Crippen LogP contribution in [0.5, 0.6) is 5.75 Å². The van der Waals surface area contributed by atoms with E-state index in [0.717, 1.165) is 0 Å². The molecule has 0 saturated carbocycles. The van der Waals surface area contributed by atoms with E-state index in [0.29, 0.717) is 12.0 Å². The summed E-state index contributed by atoms with van der Waals surface area (Å²) in [5, 5.41) is 9.79. The van der Waals surface area contributed by atoms with Crippen LogP contribution in [0.3, 0.4) is 0 Å². The monoisotopic (exact) mass is 311 g/mol. The van der Waals surface area contributed by atoms with Gasteiger partial charge in [0.25, 0.3) is 0 Å². The van der Waals surface area contributed by atoms with Crippen LogP contribution in [0, 0.1) is 0 Å². The highest BCUT2D eigenvalue weighted by Gasteiger charge is 2.16. The van der Waals surface area contributed by atoms with Crippen LogP contribution >= 0.6 is 11.6 Å². The predicted octanol–water partition coefficient (Wildman–Crippen LogP) is 2.57. The quantitative estimate of drug-likeness (QED) is 0.892. The van der Waals surface area contributed by atoms with Crippen molar-refractivity contribution in [2.75, 3.05) is 6.54 Å². The van der Waals surface area contributed by atoms with Crippen LogP contribution in [0.4, 0.5) is 0 Å². The van der Waals surface area contributed by atoms with Gasteiger partial charge < -0.3 is 5.11 Å². The van der Waals surface area contributed by atoms with Gasteiger partial charge in [-0.05, 0) is 30.2 Å². The number of aromatic hydroxyl groups is 1. The standard InChI is InChI=1S/C14H14ClNO3S/c15-12-6-2-4-8-14(12)20(18,19)16-10-9-11-5-1-3-7-13(11)17/h1-8,16-17H,9-10H2. The van der Waals surface area contributed by atoms with E-state index >= 15 is 0 Å². The Kier molecular flexibility index (Phi) is 4.65. The molecule has 106 valence electrons. The van der Waals surface area contributed by atoms with Crippen molar-refractivity contribution >= 4 is 21.6 Å². The van der Waals surface area contributed by atoms with E-state index < -0.39 is 10.0 Å². The Hall–Kier alpha value is -1.56. The Morgan fingerprint density at radius 3 is 2.40 bits per heavy atom. The number of para-hydroxylation sites is 1. The Labute approximate surface area is 123 Å². The predicted molar refractivity (Wildman–Crippen MR) is 78.5 cm³/mol. The molecule has 0 atom stereocenters. The van der Waals surface area contributed by atoms with Crippen LogP contribution < -0.4 is 4.72 Å². The molecule has 0 heterocycles. The van der Waals surface area contributed by atoms with Crippen LogP contribution in [-0.2, 0) is 16.4 Å². The SMILES string of the molecule is O=S(=O)(NCCc1ccccc1O)c1ccccc1Cl. The van der Waals surface area contributed by atoms with Gasteiger partial charge in [0.05, 0.1) is 5.02 Å². The number of phenolic OH excluding ortho intramolecular Hbond substituents is 1. The smallest absolute Gasteiger partial charge is 0.242 e. The summed E-state index contributed by atoms with van der Waals surface area (Å²) in [4.78, 5) is 0.0546. The Morgan fingerprint density at radius 2 is 1.70 bits per heavy atom. The fourth-order valence-electron chi connectivity index (χ4n) is 1.78. The highest BCUT2D eigenvalue weighted by Crippen LogP contribution is 2.20. The number of nitrogens with one attached hydrogen (secondary N) is 1. The molecular formula is C14H14ClNO3S. The van der Waals surface area contributed by atoms with Crippen molar-refractivity contribution in [2.24, 2.45) is 0 Å². The van der Waals surface area contributed by atoms with Gasteiger partial charge in [0.15, 0.2) is 0 Å². The molecule has 0 saturated heterocycles. The van der Waals surface area contributed by atoms with E-state index in [4.69, 9.17) is 11.6 Å². The molecule has 0 spiro atoms. The highest BCUT2D eigenvalue weighted by molar-refractivity contribution is 7.89. The third kappa shape index (κ3) is 3.50. The van der Waals surface area contributed by atoms with Crippen molar-refractivity contribution < 1.29 is 13.5 Å². The summed E-state index contributed by atoms with van der Waals surface area (Å²) in [6.07, 6.45) is 0.399. The number of sulfonamides is 1. The first kappa shape index (κ1) is 14.8. The van der Waals surface area contributed by atoms with Crippen molar-refractivity contribution in [1.29, 1.82) is 0 Å². The van der Waals surface area contributed by atoms with E-state index in [1.165, 1.54) is 12.1 Å². The van der Waals surface area contributed by atoms with E-state index in [1.54, 1.807) is 36.4 Å². The Balaban J connectivity index is 2.04. The molecule has 20 heavy (non-hydrogen) atoms. The van der Waals surface area contributed by atoms with Gasteiger partial charge in [0.2, 0.25) is 10.0 Å². The van der Waals surface area contributed by atoms with Crippen molar-refractivity contribution in [2.45, 2.75) is 11.3 Å². The lowest BCUT2D eigenvalue weighted by molar-refractivity contribution is 0.467. The molecule has 4 nitrogen and oxygen atoms in total. The Bertz CT molecular complexity index is 701. The van der Waals surface area contributed by atoms with E-state index in [2.05, 4.69) is 4.72 Å². The number of hydrogen-bond acceptors (Lipinski definition) is 3. The van der Waals surface area contributed by atoms with E-state index in [-0.39, 0.29) is 22.2 Å². The summed E-state index contributed by atoms with van der Waals surface area (Å²) in [6.45, 7) is 0.186. The number of rotatable bonds is 5. The Morgan fingerprint density at radius 1 is 1.05 bits per heavy atom. The zero-order chi connectivity index (χ0) is 14.6. The lowest BCUT2D eigenvalue weighted by Gasteiger charge is -2.08. The molecule has 6 heteroatoms. The van der Waals surface area contributed by atoms with E-state index in [9.17, 15) is 13.5 Å². The topological polar surface area (TPSA) is 66.4 Å². The average Bonchev–Trinajstić information content (AvgIpc) is 2.41. The maximum absolute atomic E-state index is 12.1. The van der Waals surface area contributed by atoms with Gasteiger partial charge in [-0.3, -0.25) is 0 Å². The van der Waals surface area contributed by atoms with Crippen molar-refractivity contribution in [3.05, 3.63) is 59.1 Å². The van der Waals surface area contributed by atoms with Gasteiger partial charge in [-0.1, -0.05) is 41.9 Å². The molecule has 0 fully saturated rings. The van der Waals surface area contributed by atoms with Crippen molar-refractivity contribution in [3.63, 3.8) is 0 Å². The van der Waals surface area contributed by atoms with Gasteiger partial charge in [-0.25, -0.2) is 13.1 Å². The molecular weight excluding hydrogens is 298 g/mol. The van der Waals surface area contributed by atoms with Crippen molar-refractivity contribution in [3.8, 4) is 5.75 Å². The highest BCUT2D eigenvalue weighted by atomic mass is 35.5. The molecule has 0 unspecified atom stereocenters. The molecule has 0 radical (unpaired) electrons. The number of benzene rings is 2. The number of hydrogen-bond donors (Lipinski definition) is 2.